The molecule has 0 saturated carbocycles. The number of nitrogens with zero attached hydrogens (tertiary/aromatic N) is 3. The van der Waals surface area contributed by atoms with E-state index < -0.39 is 0 Å². The average Bonchev–Trinajstić information content (AvgIpc) is 2.83. The summed E-state index contributed by atoms with van der Waals surface area (Å²) in [6, 6.07) is 12.5. The average molecular weight is 536 g/mol. The van der Waals surface area contributed by atoms with Gasteiger partial charge in [0, 0.05) is 29.2 Å². The lowest BCUT2D eigenvalue weighted by atomic mass is 9.92. The van der Waals surface area contributed by atoms with Crippen LogP contribution in [-0.4, -0.2) is 40.4 Å². The topological polar surface area (TPSA) is 58.1 Å². The van der Waals surface area contributed by atoms with E-state index in [2.05, 4.69) is 32.3 Å². The lowest BCUT2D eigenvalue weighted by Crippen LogP contribution is -2.33. The Morgan fingerprint density at radius 2 is 1.79 bits per heavy atom. The molecule has 0 atom stereocenters. The van der Waals surface area contributed by atoms with Crippen molar-refractivity contribution in [2.24, 2.45) is 0 Å². The van der Waals surface area contributed by atoms with E-state index in [-0.39, 0.29) is 22.1 Å². The first-order valence-electron chi connectivity index (χ1n) is 10.8. The van der Waals surface area contributed by atoms with Gasteiger partial charge >= 0.3 is 0 Å². The monoisotopic (exact) mass is 534 g/mol. The summed E-state index contributed by atoms with van der Waals surface area (Å²) in [4.78, 5) is 23.6. The Kier molecular flexibility index (Phi) is 8.46. The SMILES string of the molecule is O=C(Nc1cc(Cl)c(Cl)nc1C1CCN(CC=Cc2ccc(Cl)cc2)CC1)c1ccnc(Cl)c1. The quantitative estimate of drug-likeness (QED) is 0.338. The third-order valence-corrected chi connectivity index (χ3v) is 6.85. The summed E-state index contributed by atoms with van der Waals surface area (Å²) in [7, 11) is 0. The van der Waals surface area contributed by atoms with Crippen LogP contribution in [0.4, 0.5) is 5.69 Å². The Labute approximate surface area is 218 Å². The molecule has 1 amide bonds. The standard InChI is InChI=1S/C25H22Cl4N4O/c26-19-5-3-16(4-6-19)2-1-11-33-12-8-17(9-13-33)23-21(15-20(27)24(29)32-23)31-25(34)18-7-10-30-22(28)14-18/h1-7,10,14-15,17H,8-9,11-13H2,(H,31,34). The predicted molar refractivity (Wildman–Crippen MR) is 140 cm³/mol. The highest BCUT2D eigenvalue weighted by atomic mass is 35.5. The molecule has 0 aliphatic carbocycles. The zero-order chi connectivity index (χ0) is 24.1. The Morgan fingerprint density at radius 1 is 1.06 bits per heavy atom. The second-order valence-electron chi connectivity index (χ2n) is 8.04. The second kappa shape index (κ2) is 11.5. The molecule has 176 valence electrons. The van der Waals surface area contributed by atoms with E-state index in [0.29, 0.717) is 16.3 Å². The van der Waals surface area contributed by atoms with Crippen LogP contribution in [0.5, 0.6) is 0 Å². The van der Waals surface area contributed by atoms with Crippen LogP contribution in [-0.2, 0) is 0 Å². The molecule has 1 saturated heterocycles. The fourth-order valence-electron chi connectivity index (χ4n) is 3.93. The van der Waals surface area contributed by atoms with Gasteiger partial charge in [0.05, 0.1) is 16.4 Å². The molecule has 1 aliphatic rings. The number of halogens is 4. The molecule has 3 heterocycles. The number of likely N-dealkylation sites (tertiary alicyclic amines) is 1. The molecule has 9 heteroatoms. The zero-order valence-corrected chi connectivity index (χ0v) is 21.2. The molecule has 1 aliphatic heterocycles. The maximum Gasteiger partial charge on any atom is 0.255 e. The minimum absolute atomic E-state index is 0.155. The predicted octanol–water partition coefficient (Wildman–Crippen LogP) is 7.24. The van der Waals surface area contributed by atoms with Crippen LogP contribution in [0.3, 0.4) is 0 Å². The van der Waals surface area contributed by atoms with Gasteiger partial charge in [0.25, 0.3) is 5.91 Å². The van der Waals surface area contributed by atoms with Crippen molar-refractivity contribution < 1.29 is 4.79 Å². The first-order valence-corrected chi connectivity index (χ1v) is 12.3. The van der Waals surface area contributed by atoms with Gasteiger partial charge in [-0.1, -0.05) is 70.7 Å². The molecule has 1 fully saturated rings. The second-order valence-corrected chi connectivity index (χ2v) is 9.63. The van der Waals surface area contributed by atoms with Gasteiger partial charge in [-0.25, -0.2) is 9.97 Å². The molecule has 5 nitrogen and oxygen atoms in total. The minimum Gasteiger partial charge on any atom is -0.320 e. The van der Waals surface area contributed by atoms with Crippen molar-refractivity contribution in [3.8, 4) is 0 Å². The van der Waals surface area contributed by atoms with Crippen molar-refractivity contribution in [2.45, 2.75) is 18.8 Å². The number of carbonyl (C=O) groups excluding carboxylic acids is 1. The molecule has 34 heavy (non-hydrogen) atoms. The number of pyridine rings is 2. The largest absolute Gasteiger partial charge is 0.320 e. The summed E-state index contributed by atoms with van der Waals surface area (Å²) in [5.41, 5.74) is 2.84. The number of hydrogen-bond donors (Lipinski definition) is 1. The number of aromatic nitrogens is 2. The van der Waals surface area contributed by atoms with E-state index in [1.54, 1.807) is 12.1 Å². The number of rotatable bonds is 6. The molecular weight excluding hydrogens is 514 g/mol. The lowest BCUT2D eigenvalue weighted by molar-refractivity contribution is 0.102. The van der Waals surface area contributed by atoms with Crippen molar-refractivity contribution in [2.75, 3.05) is 25.0 Å². The number of hydrogen-bond acceptors (Lipinski definition) is 4. The number of nitrogens with one attached hydrogen (secondary N) is 1. The van der Waals surface area contributed by atoms with Crippen LogP contribution < -0.4 is 5.32 Å². The van der Waals surface area contributed by atoms with Crippen LogP contribution in [0.1, 0.15) is 40.4 Å². The minimum atomic E-state index is -0.310. The van der Waals surface area contributed by atoms with Gasteiger partial charge in [-0.05, 0) is 61.8 Å². The van der Waals surface area contributed by atoms with Gasteiger partial charge in [-0.15, -0.1) is 0 Å². The first-order chi connectivity index (χ1) is 16.4. The number of piperidine rings is 1. The van der Waals surface area contributed by atoms with E-state index >= 15 is 0 Å². The molecule has 3 aromatic rings. The number of carbonyl (C=O) groups is 1. The highest BCUT2D eigenvalue weighted by molar-refractivity contribution is 6.41. The van der Waals surface area contributed by atoms with Crippen molar-refractivity contribution in [1.29, 1.82) is 0 Å². The maximum atomic E-state index is 12.8. The van der Waals surface area contributed by atoms with Gasteiger partial charge in [0.2, 0.25) is 0 Å². The number of anilines is 1. The summed E-state index contributed by atoms with van der Waals surface area (Å²) in [6.07, 6.45) is 7.53. The molecule has 2 aromatic heterocycles. The van der Waals surface area contributed by atoms with E-state index in [4.69, 9.17) is 46.4 Å². The highest BCUT2D eigenvalue weighted by Crippen LogP contribution is 2.35. The fraction of sp³-hybridized carbons (Fsp3) is 0.240. The molecular formula is C25H22Cl4N4O. The van der Waals surface area contributed by atoms with Gasteiger partial charge in [0.15, 0.2) is 0 Å². The molecule has 0 radical (unpaired) electrons. The number of amides is 1. The summed E-state index contributed by atoms with van der Waals surface area (Å²) in [5, 5.41) is 4.42. The van der Waals surface area contributed by atoms with Crippen LogP contribution >= 0.6 is 46.4 Å². The maximum absolute atomic E-state index is 12.8. The van der Waals surface area contributed by atoms with Crippen molar-refractivity contribution >= 4 is 64.1 Å². The zero-order valence-electron chi connectivity index (χ0n) is 18.1. The summed E-state index contributed by atoms with van der Waals surface area (Å²) in [5.74, 6) is -0.155. The van der Waals surface area contributed by atoms with Gasteiger partial charge in [0.1, 0.15) is 10.3 Å². The molecule has 0 bridgehead atoms. The third kappa shape index (κ3) is 6.49. The van der Waals surface area contributed by atoms with Gasteiger partial charge in [-0.2, -0.15) is 0 Å². The van der Waals surface area contributed by atoms with Crippen molar-refractivity contribution in [1.82, 2.24) is 14.9 Å². The van der Waals surface area contributed by atoms with Crippen molar-refractivity contribution in [3.63, 3.8) is 0 Å². The van der Waals surface area contributed by atoms with E-state index in [0.717, 1.165) is 48.8 Å². The van der Waals surface area contributed by atoms with Crippen LogP contribution in [0, 0.1) is 0 Å². The molecule has 1 aromatic carbocycles. The Balaban J connectivity index is 1.41. The normalized spacial score (nSPS) is 15.1. The first kappa shape index (κ1) is 25.0. The summed E-state index contributed by atoms with van der Waals surface area (Å²) >= 11 is 24.3. The Hall–Kier alpha value is -2.15. The molecule has 4 rings (SSSR count). The molecule has 1 N–H and O–H groups in total. The lowest BCUT2D eigenvalue weighted by Gasteiger charge is -2.31. The summed E-state index contributed by atoms with van der Waals surface area (Å²) < 4.78 is 0. The van der Waals surface area contributed by atoms with Crippen LogP contribution in [0.15, 0.2) is 54.7 Å². The summed E-state index contributed by atoms with van der Waals surface area (Å²) in [6.45, 7) is 2.67. The van der Waals surface area contributed by atoms with Gasteiger partial charge < -0.3 is 5.32 Å². The van der Waals surface area contributed by atoms with Crippen LogP contribution in [0.2, 0.25) is 20.4 Å². The van der Waals surface area contributed by atoms with E-state index in [1.807, 2.05) is 24.3 Å². The van der Waals surface area contributed by atoms with Crippen molar-refractivity contribution in [3.05, 3.63) is 91.9 Å². The van der Waals surface area contributed by atoms with Gasteiger partial charge in [-0.3, -0.25) is 9.69 Å². The highest BCUT2D eigenvalue weighted by Gasteiger charge is 2.25. The fourth-order valence-corrected chi connectivity index (χ4v) is 4.53. The Morgan fingerprint density at radius 3 is 2.50 bits per heavy atom. The molecule has 0 unspecified atom stereocenters. The number of benzene rings is 1. The van der Waals surface area contributed by atoms with E-state index in [1.165, 1.54) is 12.3 Å². The Bertz CT molecular complexity index is 1190. The smallest absolute Gasteiger partial charge is 0.255 e. The van der Waals surface area contributed by atoms with Crippen LogP contribution in [0.25, 0.3) is 6.08 Å². The molecule has 0 spiro atoms. The third-order valence-electron chi connectivity index (χ3n) is 5.72. The van der Waals surface area contributed by atoms with E-state index in [9.17, 15) is 4.79 Å².